The van der Waals surface area contributed by atoms with Crippen molar-refractivity contribution in [3.05, 3.63) is 102 Å². The summed E-state index contributed by atoms with van der Waals surface area (Å²) in [4.78, 5) is 20.7. The van der Waals surface area contributed by atoms with E-state index in [9.17, 15) is 5.26 Å². The molecule has 3 aliphatic rings. The third-order valence-corrected chi connectivity index (χ3v) is 9.37. The van der Waals surface area contributed by atoms with E-state index in [4.69, 9.17) is 14.5 Å². The second-order valence-electron chi connectivity index (χ2n) is 11.8. The zero-order valence-corrected chi connectivity index (χ0v) is 24.3. The molecule has 0 amide bonds. The molecule has 3 aliphatic heterocycles. The maximum absolute atomic E-state index is 9.30. The number of benzene rings is 2. The van der Waals surface area contributed by atoms with Crippen molar-refractivity contribution in [2.75, 3.05) is 26.3 Å². The van der Waals surface area contributed by atoms with Gasteiger partial charge < -0.3 is 9.47 Å². The molecule has 0 radical (unpaired) electrons. The van der Waals surface area contributed by atoms with Gasteiger partial charge in [-0.05, 0) is 49.5 Å². The Bertz CT molecular complexity index is 1850. The van der Waals surface area contributed by atoms with Crippen LogP contribution in [0.25, 0.3) is 33.9 Å². The maximum Gasteiger partial charge on any atom is 0.232 e. The summed E-state index contributed by atoms with van der Waals surface area (Å²) in [6.45, 7) is 4.67. The van der Waals surface area contributed by atoms with E-state index in [0.29, 0.717) is 25.9 Å². The van der Waals surface area contributed by atoms with Crippen LogP contribution in [0.15, 0.2) is 85.3 Å². The molecule has 5 aromatic rings. The molecule has 9 nitrogen and oxygen atoms in total. The first-order valence-corrected chi connectivity index (χ1v) is 15.1. The van der Waals surface area contributed by atoms with Crippen molar-refractivity contribution in [1.82, 2.24) is 29.4 Å². The summed E-state index contributed by atoms with van der Waals surface area (Å²) < 4.78 is 13.9. The van der Waals surface area contributed by atoms with Crippen LogP contribution in [-0.4, -0.2) is 55.7 Å². The summed E-state index contributed by atoms with van der Waals surface area (Å²) >= 11 is 0. The van der Waals surface area contributed by atoms with Crippen LogP contribution >= 0.6 is 0 Å². The van der Waals surface area contributed by atoms with E-state index >= 15 is 0 Å². The lowest BCUT2D eigenvalue weighted by Crippen LogP contribution is -2.55. The average molecular weight is 582 g/mol. The lowest BCUT2D eigenvalue weighted by molar-refractivity contribution is -0.104. The molecule has 218 valence electrons. The molecule has 2 fully saturated rings. The van der Waals surface area contributed by atoms with Crippen molar-refractivity contribution in [1.29, 1.82) is 5.26 Å². The number of nitriles is 1. The molecule has 0 bridgehead atoms. The van der Waals surface area contributed by atoms with Crippen molar-refractivity contribution >= 4 is 0 Å². The van der Waals surface area contributed by atoms with Gasteiger partial charge in [-0.2, -0.15) is 5.26 Å². The Morgan fingerprint density at radius 2 is 1.73 bits per heavy atom. The van der Waals surface area contributed by atoms with E-state index in [1.54, 1.807) is 12.4 Å². The lowest BCUT2D eigenvalue weighted by atomic mass is 9.67. The highest BCUT2D eigenvalue weighted by Gasteiger charge is 2.49. The van der Waals surface area contributed by atoms with E-state index in [1.165, 1.54) is 5.56 Å². The van der Waals surface area contributed by atoms with Crippen molar-refractivity contribution in [3.8, 4) is 45.7 Å². The molecule has 0 N–H and O–H groups in total. The van der Waals surface area contributed by atoms with Crippen molar-refractivity contribution in [2.45, 2.75) is 31.5 Å². The fourth-order valence-electron chi connectivity index (χ4n) is 6.96. The summed E-state index contributed by atoms with van der Waals surface area (Å²) in [5.74, 6) is 2.39. The van der Waals surface area contributed by atoms with Crippen LogP contribution in [0, 0.1) is 17.2 Å². The van der Waals surface area contributed by atoms with E-state index in [0.717, 1.165) is 77.8 Å². The number of fused-ring (bicyclic) bond motifs is 3. The molecular weight excluding hydrogens is 550 g/mol. The van der Waals surface area contributed by atoms with Gasteiger partial charge in [0.25, 0.3) is 0 Å². The van der Waals surface area contributed by atoms with Gasteiger partial charge in [-0.15, -0.1) is 0 Å². The van der Waals surface area contributed by atoms with E-state index in [-0.39, 0.29) is 11.2 Å². The number of hydrogen-bond acceptors (Lipinski definition) is 8. The Hall–Kier alpha value is -4.91. The Kier molecular flexibility index (Phi) is 6.66. The van der Waals surface area contributed by atoms with Gasteiger partial charge in [-0.25, -0.2) is 15.0 Å². The third-order valence-electron chi connectivity index (χ3n) is 9.37. The Labute approximate surface area is 255 Å². The van der Waals surface area contributed by atoms with Crippen molar-refractivity contribution in [2.24, 2.45) is 5.92 Å². The van der Waals surface area contributed by atoms with Crippen LogP contribution in [0.4, 0.5) is 0 Å². The molecule has 0 saturated carbocycles. The van der Waals surface area contributed by atoms with Crippen LogP contribution in [0.5, 0.6) is 5.75 Å². The standard InChI is InChI=1S/C35H31N7O2/c36-18-31-38-15-11-30(39-31)35(21-43-22-35)27-12-16-41(17-13-27)20-24-6-8-25(9-7-24)32-33(26-4-2-1-3-5-26)42-23-44-29-10-14-37-19-28(29)34(42)40-32/h1-11,14-15,19,27H,12-13,16-17,20-23H2. The summed E-state index contributed by atoms with van der Waals surface area (Å²) in [7, 11) is 0. The number of piperidine rings is 1. The highest BCUT2D eigenvalue weighted by atomic mass is 16.5. The molecule has 2 aromatic carbocycles. The zero-order valence-electron chi connectivity index (χ0n) is 24.3. The molecule has 9 heteroatoms. The summed E-state index contributed by atoms with van der Waals surface area (Å²) in [5.41, 5.74) is 7.20. The molecule has 0 atom stereocenters. The van der Waals surface area contributed by atoms with Gasteiger partial charge >= 0.3 is 0 Å². The van der Waals surface area contributed by atoms with Gasteiger partial charge in [0.05, 0.1) is 41.3 Å². The number of aromatic nitrogens is 5. The van der Waals surface area contributed by atoms with Gasteiger partial charge in [0.2, 0.25) is 5.82 Å². The minimum Gasteiger partial charge on any atom is -0.472 e. The molecule has 3 aromatic heterocycles. The van der Waals surface area contributed by atoms with Crippen molar-refractivity contribution < 1.29 is 9.47 Å². The van der Waals surface area contributed by atoms with Crippen LogP contribution in [0.3, 0.4) is 0 Å². The zero-order chi connectivity index (χ0) is 29.5. The lowest BCUT2D eigenvalue weighted by Gasteiger charge is -2.49. The first kappa shape index (κ1) is 26.7. The van der Waals surface area contributed by atoms with Crippen LogP contribution < -0.4 is 4.74 Å². The predicted octanol–water partition coefficient (Wildman–Crippen LogP) is 5.47. The predicted molar refractivity (Wildman–Crippen MR) is 164 cm³/mol. The van der Waals surface area contributed by atoms with Gasteiger partial charge in [0, 0.05) is 36.3 Å². The highest BCUT2D eigenvalue weighted by Crippen LogP contribution is 2.44. The van der Waals surface area contributed by atoms with E-state index < -0.39 is 0 Å². The van der Waals surface area contributed by atoms with Gasteiger partial charge in [-0.3, -0.25) is 14.5 Å². The second kappa shape index (κ2) is 11.0. The highest BCUT2D eigenvalue weighted by molar-refractivity contribution is 5.83. The molecular formula is C35H31N7O2. The maximum atomic E-state index is 9.30. The second-order valence-corrected chi connectivity index (χ2v) is 11.8. The monoisotopic (exact) mass is 581 g/mol. The Balaban J connectivity index is 1.01. The van der Waals surface area contributed by atoms with Crippen LogP contribution in [-0.2, 0) is 23.4 Å². The van der Waals surface area contributed by atoms with E-state index in [1.807, 2.05) is 24.4 Å². The quantitative estimate of drug-likeness (QED) is 0.260. The molecule has 0 aliphatic carbocycles. The number of nitrogens with zero attached hydrogens (tertiary/aromatic N) is 7. The van der Waals surface area contributed by atoms with Gasteiger partial charge in [-0.1, -0.05) is 54.6 Å². The summed E-state index contributed by atoms with van der Waals surface area (Å²) in [5, 5.41) is 9.30. The summed E-state index contributed by atoms with van der Waals surface area (Å²) in [6, 6.07) is 25.2. The molecule has 0 unspecified atom stereocenters. The smallest absolute Gasteiger partial charge is 0.232 e. The largest absolute Gasteiger partial charge is 0.472 e. The van der Waals surface area contributed by atoms with Gasteiger partial charge in [0.15, 0.2) is 6.73 Å². The third kappa shape index (κ3) is 4.55. The first-order chi connectivity index (χ1) is 21.7. The normalized spacial score (nSPS) is 17.5. The number of ether oxygens (including phenoxy) is 2. The van der Waals surface area contributed by atoms with Crippen LogP contribution in [0.1, 0.15) is 29.9 Å². The fourth-order valence-corrected chi connectivity index (χ4v) is 6.96. The first-order valence-electron chi connectivity index (χ1n) is 15.1. The fraction of sp³-hybridized carbons (Fsp3) is 0.286. The van der Waals surface area contributed by atoms with E-state index in [2.05, 4.69) is 79.0 Å². The molecule has 6 heterocycles. The Morgan fingerprint density at radius 1 is 0.909 bits per heavy atom. The SMILES string of the molecule is N#Cc1nccc(C2(C3CCN(Cc4ccc(-c5nc6n(c5-c5ccccc5)COc5ccncc5-6)cc4)CC3)COC2)n1. The van der Waals surface area contributed by atoms with Gasteiger partial charge in [0.1, 0.15) is 17.6 Å². The molecule has 2 saturated heterocycles. The van der Waals surface area contributed by atoms with Crippen LogP contribution in [0.2, 0.25) is 0 Å². The topological polar surface area (TPSA) is 102 Å². The number of rotatable bonds is 6. The molecule has 44 heavy (non-hydrogen) atoms. The molecule has 8 rings (SSSR count). The number of pyridine rings is 1. The minimum absolute atomic E-state index is 0.107. The number of likely N-dealkylation sites (tertiary alicyclic amines) is 1. The number of imidazole rings is 1. The molecule has 0 spiro atoms. The van der Waals surface area contributed by atoms with Crippen molar-refractivity contribution in [3.63, 3.8) is 0 Å². The average Bonchev–Trinajstić information content (AvgIpc) is 3.46. The summed E-state index contributed by atoms with van der Waals surface area (Å²) in [6.07, 6.45) is 7.43. The Morgan fingerprint density at radius 3 is 2.48 bits per heavy atom. The minimum atomic E-state index is -0.107. The number of hydrogen-bond donors (Lipinski definition) is 0.